The summed E-state index contributed by atoms with van der Waals surface area (Å²) >= 11 is 0. The van der Waals surface area contributed by atoms with Crippen molar-refractivity contribution in [1.29, 1.82) is 0 Å². The smallest absolute Gasteiger partial charge is 0.255 e. The number of nitrogens with zero attached hydrogens (tertiary/aromatic N) is 3. The van der Waals surface area contributed by atoms with Crippen molar-refractivity contribution in [1.82, 2.24) is 19.9 Å². The number of amides is 1. The summed E-state index contributed by atoms with van der Waals surface area (Å²) < 4.78 is 5.47. The van der Waals surface area contributed by atoms with Gasteiger partial charge in [0.1, 0.15) is 11.3 Å². The molecule has 0 aliphatic rings. The van der Waals surface area contributed by atoms with Gasteiger partial charge in [0.15, 0.2) is 11.5 Å². The predicted octanol–water partition coefficient (Wildman–Crippen LogP) is 2.77. The van der Waals surface area contributed by atoms with Gasteiger partial charge in [-0.1, -0.05) is 0 Å². The van der Waals surface area contributed by atoms with Gasteiger partial charge in [-0.25, -0.2) is 9.97 Å². The van der Waals surface area contributed by atoms with E-state index in [9.17, 15) is 9.59 Å². The first kappa shape index (κ1) is 17.6. The number of oxazole rings is 1. The lowest BCUT2D eigenvalue weighted by Gasteiger charge is -2.08. The van der Waals surface area contributed by atoms with E-state index in [1.54, 1.807) is 56.6 Å². The number of aromatic amines is 1. The van der Waals surface area contributed by atoms with Crippen LogP contribution in [0.5, 0.6) is 0 Å². The van der Waals surface area contributed by atoms with Crippen LogP contribution < -0.4 is 10.9 Å². The second kappa shape index (κ2) is 7.07. The fourth-order valence-corrected chi connectivity index (χ4v) is 2.94. The van der Waals surface area contributed by atoms with Crippen LogP contribution in [-0.4, -0.2) is 25.8 Å². The van der Waals surface area contributed by atoms with Gasteiger partial charge < -0.3 is 14.7 Å². The Hall–Kier alpha value is -3.81. The maximum absolute atomic E-state index is 12.5. The third-order valence-corrected chi connectivity index (χ3v) is 4.27. The SMILES string of the molecule is Cc1nc2ccc(NC(=O)Cc3c(C)nc(-c4cccnc4)[nH]c3=O)cc2o1. The summed E-state index contributed by atoms with van der Waals surface area (Å²) in [5, 5.41) is 2.78. The zero-order chi connectivity index (χ0) is 19.7. The van der Waals surface area contributed by atoms with Gasteiger partial charge in [0.2, 0.25) is 5.91 Å². The topological polar surface area (TPSA) is 114 Å². The van der Waals surface area contributed by atoms with Crippen LogP contribution in [0.25, 0.3) is 22.5 Å². The Morgan fingerprint density at radius 1 is 1.21 bits per heavy atom. The molecule has 3 aromatic heterocycles. The quantitative estimate of drug-likeness (QED) is 0.567. The van der Waals surface area contributed by atoms with Crippen molar-refractivity contribution in [2.75, 3.05) is 5.32 Å². The number of carbonyl (C=O) groups excluding carboxylic acids is 1. The summed E-state index contributed by atoms with van der Waals surface area (Å²) in [7, 11) is 0. The Kier molecular flexibility index (Phi) is 4.44. The van der Waals surface area contributed by atoms with E-state index >= 15 is 0 Å². The molecule has 140 valence electrons. The predicted molar refractivity (Wildman–Crippen MR) is 104 cm³/mol. The first-order chi connectivity index (χ1) is 13.5. The van der Waals surface area contributed by atoms with Crippen molar-refractivity contribution in [3.8, 4) is 11.4 Å². The Bertz CT molecular complexity index is 1230. The molecule has 1 aromatic carbocycles. The number of rotatable bonds is 4. The molecule has 0 aliphatic carbocycles. The molecule has 0 fully saturated rings. The lowest BCUT2D eigenvalue weighted by molar-refractivity contribution is -0.115. The van der Waals surface area contributed by atoms with Gasteiger partial charge in [0, 0.05) is 47.9 Å². The van der Waals surface area contributed by atoms with E-state index in [0.29, 0.717) is 39.8 Å². The van der Waals surface area contributed by atoms with E-state index in [4.69, 9.17) is 4.42 Å². The molecule has 1 amide bonds. The second-order valence-electron chi connectivity index (χ2n) is 6.36. The number of aryl methyl sites for hydroxylation is 2. The Balaban J connectivity index is 1.54. The number of carbonyl (C=O) groups is 1. The van der Waals surface area contributed by atoms with E-state index in [0.717, 1.165) is 5.52 Å². The van der Waals surface area contributed by atoms with Gasteiger partial charge in [-0.15, -0.1) is 0 Å². The van der Waals surface area contributed by atoms with Crippen LogP contribution >= 0.6 is 0 Å². The average Bonchev–Trinajstić information content (AvgIpc) is 3.04. The number of hydrogen-bond acceptors (Lipinski definition) is 6. The highest BCUT2D eigenvalue weighted by atomic mass is 16.3. The maximum atomic E-state index is 12.5. The Morgan fingerprint density at radius 2 is 2.07 bits per heavy atom. The molecule has 8 nitrogen and oxygen atoms in total. The van der Waals surface area contributed by atoms with Crippen LogP contribution in [0, 0.1) is 13.8 Å². The highest BCUT2D eigenvalue weighted by molar-refractivity contribution is 5.94. The molecule has 0 unspecified atom stereocenters. The summed E-state index contributed by atoms with van der Waals surface area (Å²) in [6.07, 6.45) is 3.17. The molecule has 0 radical (unpaired) electrons. The second-order valence-corrected chi connectivity index (χ2v) is 6.36. The van der Waals surface area contributed by atoms with Crippen molar-refractivity contribution in [2.24, 2.45) is 0 Å². The number of H-pyrrole nitrogens is 1. The minimum absolute atomic E-state index is 0.0883. The zero-order valence-electron chi connectivity index (χ0n) is 15.3. The third kappa shape index (κ3) is 3.52. The number of nitrogens with one attached hydrogen (secondary N) is 2. The first-order valence-electron chi connectivity index (χ1n) is 8.67. The molecule has 0 saturated carbocycles. The highest BCUT2D eigenvalue weighted by Crippen LogP contribution is 2.20. The molecule has 0 aliphatic heterocycles. The minimum Gasteiger partial charge on any atom is -0.441 e. The molecule has 4 rings (SSSR count). The van der Waals surface area contributed by atoms with Crippen molar-refractivity contribution >= 4 is 22.7 Å². The van der Waals surface area contributed by atoms with Crippen molar-refractivity contribution in [3.63, 3.8) is 0 Å². The van der Waals surface area contributed by atoms with Crippen molar-refractivity contribution < 1.29 is 9.21 Å². The lowest BCUT2D eigenvalue weighted by Crippen LogP contribution is -2.23. The van der Waals surface area contributed by atoms with Crippen molar-refractivity contribution in [3.05, 3.63) is 70.2 Å². The van der Waals surface area contributed by atoms with Gasteiger partial charge in [-0.2, -0.15) is 0 Å². The molecule has 0 bridgehead atoms. The van der Waals surface area contributed by atoms with Gasteiger partial charge in [0.25, 0.3) is 5.56 Å². The molecule has 0 spiro atoms. The lowest BCUT2D eigenvalue weighted by atomic mass is 10.1. The van der Waals surface area contributed by atoms with E-state index in [-0.39, 0.29) is 17.9 Å². The summed E-state index contributed by atoms with van der Waals surface area (Å²) in [5.41, 5.74) is 3.06. The largest absolute Gasteiger partial charge is 0.441 e. The van der Waals surface area contributed by atoms with Gasteiger partial charge in [-0.05, 0) is 31.2 Å². The third-order valence-electron chi connectivity index (χ3n) is 4.27. The minimum atomic E-state index is -0.345. The van der Waals surface area contributed by atoms with Crippen molar-refractivity contribution in [2.45, 2.75) is 20.3 Å². The summed E-state index contributed by atoms with van der Waals surface area (Å²) in [6, 6.07) is 8.78. The van der Waals surface area contributed by atoms with E-state index in [1.807, 2.05) is 0 Å². The number of hydrogen-bond donors (Lipinski definition) is 2. The van der Waals surface area contributed by atoms with Gasteiger partial charge in [0.05, 0.1) is 6.42 Å². The van der Waals surface area contributed by atoms with Crippen LogP contribution in [0.15, 0.2) is 51.9 Å². The van der Waals surface area contributed by atoms with Gasteiger partial charge >= 0.3 is 0 Å². The summed E-state index contributed by atoms with van der Waals surface area (Å²) in [5.74, 6) is 0.659. The van der Waals surface area contributed by atoms with E-state index in [1.165, 1.54) is 0 Å². The molecule has 2 N–H and O–H groups in total. The molecule has 3 heterocycles. The normalized spacial score (nSPS) is 10.9. The Morgan fingerprint density at radius 3 is 2.82 bits per heavy atom. The van der Waals surface area contributed by atoms with Crippen LogP contribution in [0.3, 0.4) is 0 Å². The van der Waals surface area contributed by atoms with Gasteiger partial charge in [-0.3, -0.25) is 14.6 Å². The average molecular weight is 375 g/mol. The number of benzene rings is 1. The molecule has 8 heteroatoms. The molecule has 28 heavy (non-hydrogen) atoms. The maximum Gasteiger partial charge on any atom is 0.255 e. The fourth-order valence-electron chi connectivity index (χ4n) is 2.94. The molecule has 4 aromatic rings. The summed E-state index contributed by atoms with van der Waals surface area (Å²) in [4.78, 5) is 40.3. The number of pyridine rings is 1. The molecule has 0 atom stereocenters. The summed E-state index contributed by atoms with van der Waals surface area (Å²) in [6.45, 7) is 3.47. The van der Waals surface area contributed by atoms with Crippen LogP contribution in [0.1, 0.15) is 17.1 Å². The van der Waals surface area contributed by atoms with E-state index in [2.05, 4.69) is 25.3 Å². The molecular formula is C20H17N5O3. The Labute approximate surface area is 159 Å². The fraction of sp³-hybridized carbons (Fsp3) is 0.150. The zero-order valence-corrected chi connectivity index (χ0v) is 15.3. The van der Waals surface area contributed by atoms with E-state index < -0.39 is 0 Å². The number of fused-ring (bicyclic) bond motifs is 1. The van der Waals surface area contributed by atoms with Crippen LogP contribution in [-0.2, 0) is 11.2 Å². The monoisotopic (exact) mass is 375 g/mol. The highest BCUT2D eigenvalue weighted by Gasteiger charge is 2.14. The molecular weight excluding hydrogens is 358 g/mol. The number of anilines is 1. The molecule has 0 saturated heterocycles. The standard InChI is InChI=1S/C20H17N5O3/c1-11-15(20(27)25-19(22-11)13-4-3-7-21-10-13)9-18(26)24-14-5-6-16-17(8-14)28-12(2)23-16/h3-8,10H,9H2,1-2H3,(H,24,26)(H,22,25,27). The van der Waals surface area contributed by atoms with Crippen LogP contribution in [0.4, 0.5) is 5.69 Å². The first-order valence-corrected chi connectivity index (χ1v) is 8.67. The van der Waals surface area contributed by atoms with Crippen LogP contribution in [0.2, 0.25) is 0 Å². The number of aromatic nitrogens is 4.